The summed E-state index contributed by atoms with van der Waals surface area (Å²) >= 11 is 0. The van der Waals surface area contributed by atoms with Gasteiger partial charge in [-0.2, -0.15) is 0 Å². The average Bonchev–Trinajstić information content (AvgIpc) is 2.81. The van der Waals surface area contributed by atoms with E-state index >= 15 is 0 Å². The summed E-state index contributed by atoms with van der Waals surface area (Å²) in [7, 11) is 4.58. The molecule has 166 valence electrons. The number of nitrogens with one attached hydrogen (secondary N) is 2. The average molecular weight is 434 g/mol. The first-order valence-corrected chi connectivity index (χ1v) is 10.1. The van der Waals surface area contributed by atoms with E-state index in [0.717, 1.165) is 16.5 Å². The zero-order valence-corrected chi connectivity index (χ0v) is 18.3. The molecule has 0 aromatic heterocycles. The molecule has 0 radical (unpaired) electrons. The molecule has 3 rings (SSSR count). The van der Waals surface area contributed by atoms with Crippen molar-refractivity contribution in [2.45, 2.75) is 6.42 Å². The molecule has 0 unspecified atom stereocenters. The van der Waals surface area contributed by atoms with Crippen molar-refractivity contribution in [3.63, 3.8) is 0 Å². The van der Waals surface area contributed by atoms with Gasteiger partial charge in [-0.1, -0.05) is 30.3 Å². The Hall–Kier alpha value is -4.00. The summed E-state index contributed by atoms with van der Waals surface area (Å²) in [6.45, 7) is 0.220. The molecule has 32 heavy (non-hydrogen) atoms. The van der Waals surface area contributed by atoms with Gasteiger partial charge in [-0.25, -0.2) is 0 Å². The number of hydrogen-bond acceptors (Lipinski definition) is 5. The molecule has 2 N–H and O–H groups in total. The Morgan fingerprint density at radius 2 is 1.56 bits per heavy atom. The van der Waals surface area contributed by atoms with Crippen LogP contribution in [0.25, 0.3) is 16.8 Å². The molecule has 3 aromatic rings. The summed E-state index contributed by atoms with van der Waals surface area (Å²) in [6.07, 6.45) is 3.19. The van der Waals surface area contributed by atoms with Gasteiger partial charge in [-0.3, -0.25) is 9.59 Å². The van der Waals surface area contributed by atoms with E-state index < -0.39 is 0 Å². The smallest absolute Gasteiger partial charge is 0.244 e. The number of hydrogen-bond donors (Lipinski definition) is 2. The summed E-state index contributed by atoms with van der Waals surface area (Å²) in [5.41, 5.74) is 1.44. The number of carbonyl (C=O) groups is 2. The molecule has 7 nitrogen and oxygen atoms in total. The van der Waals surface area contributed by atoms with Crippen LogP contribution in [0.15, 0.2) is 60.7 Å². The maximum Gasteiger partial charge on any atom is 0.244 e. The molecule has 0 fully saturated rings. The highest BCUT2D eigenvalue weighted by Crippen LogP contribution is 2.38. The first kappa shape index (κ1) is 22.7. The van der Waals surface area contributed by atoms with Crippen LogP contribution >= 0.6 is 0 Å². The fourth-order valence-electron chi connectivity index (χ4n) is 3.22. The number of amides is 2. The highest BCUT2D eigenvalue weighted by molar-refractivity contribution is 5.95. The van der Waals surface area contributed by atoms with Crippen molar-refractivity contribution in [2.24, 2.45) is 0 Å². The van der Waals surface area contributed by atoms with Crippen molar-refractivity contribution in [3.8, 4) is 17.2 Å². The van der Waals surface area contributed by atoms with Gasteiger partial charge in [0.25, 0.3) is 0 Å². The Kier molecular flexibility index (Phi) is 7.70. The first-order chi connectivity index (χ1) is 15.5. The molecule has 0 aliphatic heterocycles. The van der Waals surface area contributed by atoms with Crippen LogP contribution in [-0.2, 0) is 9.59 Å². The summed E-state index contributed by atoms with van der Waals surface area (Å²) in [4.78, 5) is 24.3. The summed E-state index contributed by atoms with van der Waals surface area (Å²) in [6, 6.07) is 17.2. The fourth-order valence-corrected chi connectivity index (χ4v) is 3.22. The van der Waals surface area contributed by atoms with Crippen LogP contribution in [0.5, 0.6) is 17.2 Å². The molecular weight excluding hydrogens is 408 g/mol. The Labute approximate surface area is 187 Å². The van der Waals surface area contributed by atoms with Crippen LogP contribution < -0.4 is 24.8 Å². The minimum absolute atomic E-state index is 0.163. The molecule has 0 atom stereocenters. The molecule has 0 spiro atoms. The van der Waals surface area contributed by atoms with E-state index in [1.165, 1.54) is 27.4 Å². The maximum atomic E-state index is 12.2. The lowest BCUT2D eigenvalue weighted by Crippen LogP contribution is -2.26. The van der Waals surface area contributed by atoms with Crippen molar-refractivity contribution in [3.05, 3.63) is 66.2 Å². The second-order valence-corrected chi connectivity index (χ2v) is 6.94. The molecule has 0 saturated carbocycles. The van der Waals surface area contributed by atoms with Crippen LogP contribution in [0, 0.1) is 0 Å². The van der Waals surface area contributed by atoms with Gasteiger partial charge in [0.2, 0.25) is 17.6 Å². The lowest BCUT2D eigenvalue weighted by molar-refractivity contribution is -0.117. The lowest BCUT2D eigenvalue weighted by Gasteiger charge is -2.12. The molecule has 0 bridgehead atoms. The Morgan fingerprint density at radius 3 is 2.22 bits per heavy atom. The number of ether oxygens (including phenoxy) is 3. The molecule has 0 aliphatic carbocycles. The Morgan fingerprint density at radius 1 is 0.875 bits per heavy atom. The van der Waals surface area contributed by atoms with Gasteiger partial charge in [0.15, 0.2) is 11.5 Å². The highest BCUT2D eigenvalue weighted by Gasteiger charge is 2.12. The SMILES string of the molecule is COc1cc(C=CC(=O)NCCC(=O)Nc2ccc3ccccc3c2)cc(OC)c1OC. The van der Waals surface area contributed by atoms with Gasteiger partial charge in [0.05, 0.1) is 21.3 Å². The van der Waals surface area contributed by atoms with Crippen molar-refractivity contribution >= 4 is 34.4 Å². The largest absolute Gasteiger partial charge is 0.493 e. The summed E-state index contributed by atoms with van der Waals surface area (Å²) < 4.78 is 15.9. The number of rotatable bonds is 9. The normalized spacial score (nSPS) is 10.7. The summed E-state index contributed by atoms with van der Waals surface area (Å²) in [5.74, 6) is 0.995. The molecule has 2 amide bonds. The molecular formula is C25H26N2O5. The van der Waals surface area contributed by atoms with Crippen molar-refractivity contribution in [1.29, 1.82) is 0 Å². The van der Waals surface area contributed by atoms with Gasteiger partial charge in [0.1, 0.15) is 0 Å². The van der Waals surface area contributed by atoms with E-state index in [1.807, 2.05) is 42.5 Å². The molecule has 7 heteroatoms. The highest BCUT2D eigenvalue weighted by atomic mass is 16.5. The zero-order chi connectivity index (χ0) is 22.9. The third kappa shape index (κ3) is 5.78. The third-order valence-corrected chi connectivity index (χ3v) is 4.80. The number of fused-ring (bicyclic) bond motifs is 1. The van der Waals surface area contributed by atoms with E-state index in [1.54, 1.807) is 18.2 Å². The molecule has 0 aliphatic rings. The van der Waals surface area contributed by atoms with Crippen molar-refractivity contribution in [1.82, 2.24) is 5.32 Å². The molecule has 3 aromatic carbocycles. The van der Waals surface area contributed by atoms with Crippen LogP contribution in [0.2, 0.25) is 0 Å². The molecule has 0 heterocycles. The minimum atomic E-state index is -0.308. The van der Waals surface area contributed by atoms with Gasteiger partial charge in [-0.05, 0) is 46.7 Å². The second kappa shape index (κ2) is 10.9. The van der Waals surface area contributed by atoms with Gasteiger partial charge < -0.3 is 24.8 Å². The summed E-state index contributed by atoms with van der Waals surface area (Å²) in [5, 5.41) is 7.72. The zero-order valence-electron chi connectivity index (χ0n) is 18.3. The topological polar surface area (TPSA) is 85.9 Å². The van der Waals surface area contributed by atoms with Crippen LogP contribution in [0.3, 0.4) is 0 Å². The number of methoxy groups -OCH3 is 3. The maximum absolute atomic E-state index is 12.2. The van der Waals surface area contributed by atoms with Gasteiger partial charge in [0, 0.05) is 24.7 Å². The lowest BCUT2D eigenvalue weighted by atomic mass is 10.1. The van der Waals surface area contributed by atoms with Crippen molar-refractivity contribution < 1.29 is 23.8 Å². The Bertz CT molecular complexity index is 1120. The minimum Gasteiger partial charge on any atom is -0.493 e. The predicted octanol–water partition coefficient (Wildman–Crippen LogP) is 4.02. The predicted molar refractivity (Wildman–Crippen MR) is 125 cm³/mol. The number of benzene rings is 3. The molecule has 0 saturated heterocycles. The van der Waals surface area contributed by atoms with E-state index in [4.69, 9.17) is 14.2 Å². The third-order valence-electron chi connectivity index (χ3n) is 4.80. The monoisotopic (exact) mass is 434 g/mol. The number of anilines is 1. The quantitative estimate of drug-likeness (QED) is 0.497. The van der Waals surface area contributed by atoms with E-state index in [-0.39, 0.29) is 24.8 Å². The Balaban J connectivity index is 1.51. The van der Waals surface area contributed by atoms with Crippen LogP contribution in [0.1, 0.15) is 12.0 Å². The van der Waals surface area contributed by atoms with E-state index in [0.29, 0.717) is 22.8 Å². The van der Waals surface area contributed by atoms with Gasteiger partial charge >= 0.3 is 0 Å². The first-order valence-electron chi connectivity index (χ1n) is 10.1. The van der Waals surface area contributed by atoms with Crippen molar-refractivity contribution in [2.75, 3.05) is 33.2 Å². The standard InChI is InChI=1S/C25H26N2O5/c1-30-21-14-17(15-22(31-2)25(21)32-3)8-11-23(28)26-13-12-24(29)27-20-10-9-18-6-4-5-7-19(18)16-20/h4-11,14-16H,12-13H2,1-3H3,(H,26,28)(H,27,29). The fraction of sp³-hybridized carbons (Fsp3) is 0.200. The number of carbonyl (C=O) groups excluding carboxylic acids is 2. The van der Waals surface area contributed by atoms with Crippen LogP contribution in [-0.4, -0.2) is 39.7 Å². The second-order valence-electron chi connectivity index (χ2n) is 6.94. The van der Waals surface area contributed by atoms with E-state index in [2.05, 4.69) is 10.6 Å². The van der Waals surface area contributed by atoms with Crippen LogP contribution in [0.4, 0.5) is 5.69 Å². The van der Waals surface area contributed by atoms with Gasteiger partial charge in [-0.15, -0.1) is 0 Å². The van der Waals surface area contributed by atoms with E-state index in [9.17, 15) is 9.59 Å².